The summed E-state index contributed by atoms with van der Waals surface area (Å²) in [6, 6.07) is 14.0. The van der Waals surface area contributed by atoms with Crippen LogP contribution in [0.25, 0.3) is 0 Å². The van der Waals surface area contributed by atoms with Crippen molar-refractivity contribution in [1.29, 1.82) is 0 Å². The lowest BCUT2D eigenvalue weighted by Crippen LogP contribution is -2.48. The van der Waals surface area contributed by atoms with Gasteiger partial charge in [-0.15, -0.1) is 0 Å². The molecular formula is C22H27N3O3S. The number of thiocarbonyl (C=S) groups is 1. The van der Waals surface area contributed by atoms with Crippen molar-refractivity contribution < 1.29 is 14.3 Å². The van der Waals surface area contributed by atoms with E-state index in [9.17, 15) is 9.59 Å². The van der Waals surface area contributed by atoms with E-state index >= 15 is 0 Å². The SMILES string of the molecule is CCCCCCOc1ccc(C(=O)NC(=S)NNC(=O)c2cccc(C)c2)cc1. The van der Waals surface area contributed by atoms with Crippen LogP contribution >= 0.6 is 12.2 Å². The van der Waals surface area contributed by atoms with E-state index in [2.05, 4.69) is 23.1 Å². The number of hydrogen-bond donors (Lipinski definition) is 3. The van der Waals surface area contributed by atoms with E-state index in [1.165, 1.54) is 12.8 Å². The first-order valence-electron chi connectivity index (χ1n) is 9.71. The van der Waals surface area contributed by atoms with Crippen LogP contribution in [0.2, 0.25) is 0 Å². The van der Waals surface area contributed by atoms with Crippen molar-refractivity contribution >= 4 is 29.1 Å². The molecule has 0 saturated carbocycles. The molecule has 3 N–H and O–H groups in total. The van der Waals surface area contributed by atoms with Gasteiger partial charge in [0.25, 0.3) is 11.8 Å². The van der Waals surface area contributed by atoms with Gasteiger partial charge in [0.15, 0.2) is 5.11 Å². The predicted molar refractivity (Wildman–Crippen MR) is 118 cm³/mol. The third-order valence-corrected chi connectivity index (χ3v) is 4.38. The van der Waals surface area contributed by atoms with Gasteiger partial charge in [0.2, 0.25) is 0 Å². The van der Waals surface area contributed by atoms with Gasteiger partial charge in [-0.25, -0.2) is 0 Å². The van der Waals surface area contributed by atoms with Crippen LogP contribution in [-0.2, 0) is 0 Å². The van der Waals surface area contributed by atoms with Crippen molar-refractivity contribution in [3.63, 3.8) is 0 Å². The van der Waals surface area contributed by atoms with Gasteiger partial charge >= 0.3 is 0 Å². The number of unbranched alkanes of at least 4 members (excludes halogenated alkanes) is 3. The highest BCUT2D eigenvalue weighted by Crippen LogP contribution is 2.13. The van der Waals surface area contributed by atoms with Crippen molar-refractivity contribution in [3.05, 3.63) is 65.2 Å². The Morgan fingerprint density at radius 1 is 0.931 bits per heavy atom. The van der Waals surface area contributed by atoms with E-state index < -0.39 is 0 Å². The van der Waals surface area contributed by atoms with Crippen LogP contribution in [-0.4, -0.2) is 23.5 Å². The van der Waals surface area contributed by atoms with E-state index in [1.54, 1.807) is 42.5 Å². The molecule has 0 saturated heterocycles. The molecule has 0 aliphatic carbocycles. The topological polar surface area (TPSA) is 79.5 Å². The molecule has 0 atom stereocenters. The average Bonchev–Trinajstić information content (AvgIpc) is 2.72. The van der Waals surface area contributed by atoms with Crippen LogP contribution in [0.5, 0.6) is 5.75 Å². The zero-order chi connectivity index (χ0) is 21.1. The number of aryl methyl sites for hydroxylation is 1. The van der Waals surface area contributed by atoms with E-state index in [0.29, 0.717) is 17.7 Å². The maximum absolute atomic E-state index is 12.3. The van der Waals surface area contributed by atoms with Gasteiger partial charge in [0.1, 0.15) is 5.75 Å². The summed E-state index contributed by atoms with van der Waals surface area (Å²) >= 11 is 5.06. The number of rotatable bonds is 8. The van der Waals surface area contributed by atoms with Crippen molar-refractivity contribution in [2.24, 2.45) is 0 Å². The number of hydrazine groups is 1. The van der Waals surface area contributed by atoms with Gasteiger partial charge < -0.3 is 4.74 Å². The van der Waals surface area contributed by atoms with E-state index in [0.717, 1.165) is 24.2 Å². The molecule has 0 bridgehead atoms. The van der Waals surface area contributed by atoms with Crippen LogP contribution in [0.3, 0.4) is 0 Å². The second-order valence-corrected chi connectivity index (χ2v) is 7.07. The largest absolute Gasteiger partial charge is 0.494 e. The van der Waals surface area contributed by atoms with Crippen LogP contribution in [0.15, 0.2) is 48.5 Å². The molecule has 7 heteroatoms. The highest BCUT2D eigenvalue weighted by Gasteiger charge is 2.10. The van der Waals surface area contributed by atoms with Crippen LogP contribution < -0.4 is 20.9 Å². The molecule has 0 aromatic heterocycles. The van der Waals surface area contributed by atoms with Crippen molar-refractivity contribution in [2.45, 2.75) is 39.5 Å². The summed E-state index contributed by atoms with van der Waals surface area (Å²) in [7, 11) is 0. The highest BCUT2D eigenvalue weighted by atomic mass is 32.1. The molecule has 2 rings (SSSR count). The third-order valence-electron chi connectivity index (χ3n) is 4.18. The fourth-order valence-electron chi connectivity index (χ4n) is 2.60. The Morgan fingerprint density at radius 2 is 1.69 bits per heavy atom. The number of benzene rings is 2. The minimum Gasteiger partial charge on any atom is -0.494 e. The summed E-state index contributed by atoms with van der Waals surface area (Å²) in [5.41, 5.74) is 6.91. The number of carbonyl (C=O) groups excluding carboxylic acids is 2. The highest BCUT2D eigenvalue weighted by molar-refractivity contribution is 7.80. The normalized spacial score (nSPS) is 10.1. The van der Waals surface area contributed by atoms with Gasteiger partial charge in [-0.1, -0.05) is 43.9 Å². The zero-order valence-electron chi connectivity index (χ0n) is 16.8. The predicted octanol–water partition coefficient (Wildman–Crippen LogP) is 3.90. The summed E-state index contributed by atoms with van der Waals surface area (Å²) in [6.45, 7) is 4.74. The zero-order valence-corrected chi connectivity index (χ0v) is 17.6. The smallest absolute Gasteiger partial charge is 0.269 e. The fraction of sp³-hybridized carbons (Fsp3) is 0.318. The number of carbonyl (C=O) groups is 2. The van der Waals surface area contributed by atoms with Gasteiger partial charge in [-0.2, -0.15) is 0 Å². The van der Waals surface area contributed by atoms with Crippen LogP contribution in [0.4, 0.5) is 0 Å². The summed E-state index contributed by atoms with van der Waals surface area (Å²) in [5.74, 6) is 0.0108. The molecule has 0 heterocycles. The Kier molecular flexibility index (Phi) is 9.11. The molecule has 6 nitrogen and oxygen atoms in total. The summed E-state index contributed by atoms with van der Waals surface area (Å²) < 4.78 is 5.67. The Labute approximate surface area is 177 Å². The minimum atomic E-state index is -0.373. The van der Waals surface area contributed by atoms with Crippen molar-refractivity contribution in [2.75, 3.05) is 6.61 Å². The van der Waals surface area contributed by atoms with E-state index in [-0.39, 0.29) is 16.9 Å². The van der Waals surface area contributed by atoms with E-state index in [1.807, 2.05) is 13.0 Å². The Hall–Kier alpha value is -2.93. The molecule has 29 heavy (non-hydrogen) atoms. The monoisotopic (exact) mass is 413 g/mol. The lowest BCUT2D eigenvalue weighted by Gasteiger charge is -2.11. The molecule has 2 amide bonds. The maximum atomic E-state index is 12.3. The van der Waals surface area contributed by atoms with Gasteiger partial charge in [0, 0.05) is 11.1 Å². The van der Waals surface area contributed by atoms with E-state index in [4.69, 9.17) is 17.0 Å². The second kappa shape index (κ2) is 11.8. The van der Waals surface area contributed by atoms with Crippen molar-refractivity contribution in [1.82, 2.24) is 16.2 Å². The van der Waals surface area contributed by atoms with Crippen LogP contribution in [0.1, 0.15) is 58.9 Å². The molecule has 2 aromatic rings. The second-order valence-electron chi connectivity index (χ2n) is 6.67. The lowest BCUT2D eigenvalue weighted by atomic mass is 10.1. The first-order chi connectivity index (χ1) is 14.0. The van der Waals surface area contributed by atoms with Gasteiger partial charge in [-0.05, 0) is 62.0 Å². The fourth-order valence-corrected chi connectivity index (χ4v) is 2.74. The third kappa shape index (κ3) is 7.91. The molecule has 2 aromatic carbocycles. The quantitative estimate of drug-likeness (QED) is 0.347. The van der Waals surface area contributed by atoms with Gasteiger partial charge in [-0.3, -0.25) is 25.8 Å². The van der Waals surface area contributed by atoms with Gasteiger partial charge in [0.05, 0.1) is 6.61 Å². The summed E-state index contributed by atoms with van der Waals surface area (Å²) in [5, 5.41) is 2.53. The molecule has 0 unspecified atom stereocenters. The maximum Gasteiger partial charge on any atom is 0.269 e. The Bertz CT molecular complexity index is 837. The molecule has 0 fully saturated rings. The summed E-state index contributed by atoms with van der Waals surface area (Å²) in [6.07, 6.45) is 4.57. The Morgan fingerprint density at radius 3 is 2.38 bits per heavy atom. The van der Waals surface area contributed by atoms with Crippen LogP contribution in [0, 0.1) is 6.92 Å². The molecule has 0 radical (unpaired) electrons. The lowest BCUT2D eigenvalue weighted by molar-refractivity contribution is 0.0934. The number of hydrogen-bond acceptors (Lipinski definition) is 4. The molecule has 0 spiro atoms. The Balaban J connectivity index is 1.75. The van der Waals surface area contributed by atoms with Crippen molar-refractivity contribution in [3.8, 4) is 5.75 Å². The number of nitrogens with one attached hydrogen (secondary N) is 3. The molecular weight excluding hydrogens is 386 g/mol. The summed E-state index contributed by atoms with van der Waals surface area (Å²) in [4.78, 5) is 24.3. The molecule has 0 aliphatic rings. The number of amides is 2. The first-order valence-corrected chi connectivity index (χ1v) is 10.1. The first kappa shape index (κ1) is 22.4. The minimum absolute atomic E-state index is 0.00672. The molecule has 154 valence electrons. The number of ether oxygens (including phenoxy) is 1. The molecule has 0 aliphatic heterocycles. The average molecular weight is 414 g/mol. The standard InChI is InChI=1S/C22H27N3O3S/c1-3-4-5-6-14-28-19-12-10-17(11-13-19)20(26)23-22(29)25-24-21(27)18-9-7-8-16(2)15-18/h7-13,15H,3-6,14H2,1-2H3,(H,24,27)(H2,23,25,26,29).